The number of aryl methyl sites for hydroxylation is 1. The van der Waals surface area contributed by atoms with Crippen molar-refractivity contribution >= 4 is 28.9 Å². The average molecular weight is 416 g/mol. The normalized spacial score (nSPS) is 20.6. The Morgan fingerprint density at radius 2 is 1.93 bits per heavy atom. The van der Waals surface area contributed by atoms with E-state index in [-0.39, 0.29) is 0 Å². The monoisotopic (exact) mass is 415 g/mol. The standard InChI is InChI=1S/C22H30ClN5O/c1-27-11-13-28(14-12-27)18-7-5-17(6-8-18)25-22-24-16-20(23)21(26-22)10-9-19-4-2-3-15-29-19/h5-8,16,19H,2-4,9-15H2,1H3,(H,24,25,26). The molecule has 1 atom stereocenters. The van der Waals surface area contributed by atoms with Crippen molar-refractivity contribution < 1.29 is 4.74 Å². The van der Waals surface area contributed by atoms with Gasteiger partial charge in [0.1, 0.15) is 0 Å². The summed E-state index contributed by atoms with van der Waals surface area (Å²) in [7, 11) is 2.17. The lowest BCUT2D eigenvalue weighted by molar-refractivity contribution is 0.0114. The Kier molecular flexibility index (Phi) is 6.85. The summed E-state index contributed by atoms with van der Waals surface area (Å²) in [4.78, 5) is 13.8. The zero-order valence-electron chi connectivity index (χ0n) is 17.1. The molecule has 0 aliphatic carbocycles. The molecular formula is C22H30ClN5O. The highest BCUT2D eigenvalue weighted by molar-refractivity contribution is 6.31. The summed E-state index contributed by atoms with van der Waals surface area (Å²) in [5.74, 6) is 0.585. The van der Waals surface area contributed by atoms with E-state index >= 15 is 0 Å². The van der Waals surface area contributed by atoms with Gasteiger partial charge < -0.3 is 19.9 Å². The molecule has 0 bridgehead atoms. The molecule has 2 aromatic rings. The van der Waals surface area contributed by atoms with Gasteiger partial charge in [-0.1, -0.05) is 11.6 Å². The largest absolute Gasteiger partial charge is 0.378 e. The molecule has 0 radical (unpaired) electrons. The molecule has 1 unspecified atom stereocenters. The van der Waals surface area contributed by atoms with Gasteiger partial charge in [-0.15, -0.1) is 0 Å². The minimum Gasteiger partial charge on any atom is -0.378 e. The Morgan fingerprint density at radius 3 is 2.66 bits per heavy atom. The van der Waals surface area contributed by atoms with E-state index in [9.17, 15) is 0 Å². The summed E-state index contributed by atoms with van der Waals surface area (Å²) >= 11 is 6.33. The lowest BCUT2D eigenvalue weighted by atomic mass is 10.0. The van der Waals surface area contributed by atoms with Crippen molar-refractivity contribution in [2.24, 2.45) is 0 Å². The maximum absolute atomic E-state index is 6.33. The maximum Gasteiger partial charge on any atom is 0.227 e. The zero-order chi connectivity index (χ0) is 20.1. The maximum atomic E-state index is 6.33. The molecule has 2 aliphatic heterocycles. The smallest absolute Gasteiger partial charge is 0.227 e. The Morgan fingerprint density at radius 1 is 1.14 bits per heavy atom. The van der Waals surface area contributed by atoms with Crippen LogP contribution in [0.4, 0.5) is 17.3 Å². The van der Waals surface area contributed by atoms with Gasteiger partial charge in [-0.05, 0) is 63.4 Å². The predicted octanol–water partition coefficient (Wildman–Crippen LogP) is 4.13. The summed E-state index contributed by atoms with van der Waals surface area (Å²) in [6.45, 7) is 5.22. The SMILES string of the molecule is CN1CCN(c2ccc(Nc3ncc(Cl)c(CCC4CCCCO4)n3)cc2)CC1. The highest BCUT2D eigenvalue weighted by atomic mass is 35.5. The first-order chi connectivity index (χ1) is 14.2. The molecule has 2 saturated heterocycles. The molecule has 156 valence electrons. The van der Waals surface area contributed by atoms with Gasteiger partial charge in [0.25, 0.3) is 0 Å². The second-order valence-corrected chi connectivity index (χ2v) is 8.38. The fraction of sp³-hybridized carbons (Fsp3) is 0.545. The molecule has 0 saturated carbocycles. The van der Waals surface area contributed by atoms with Crippen LogP contribution < -0.4 is 10.2 Å². The van der Waals surface area contributed by atoms with E-state index in [1.54, 1.807) is 6.20 Å². The van der Waals surface area contributed by atoms with Crippen molar-refractivity contribution in [1.82, 2.24) is 14.9 Å². The second kappa shape index (κ2) is 9.74. The van der Waals surface area contributed by atoms with Gasteiger partial charge in [0.15, 0.2) is 0 Å². The molecule has 0 spiro atoms. The first-order valence-electron chi connectivity index (χ1n) is 10.6. The van der Waals surface area contributed by atoms with E-state index < -0.39 is 0 Å². The van der Waals surface area contributed by atoms with Crippen molar-refractivity contribution in [3.63, 3.8) is 0 Å². The third-order valence-corrected chi connectivity index (χ3v) is 6.10. The minimum absolute atomic E-state index is 0.327. The van der Waals surface area contributed by atoms with E-state index in [1.165, 1.54) is 18.5 Å². The highest BCUT2D eigenvalue weighted by Gasteiger charge is 2.16. The molecule has 2 aliphatic rings. The topological polar surface area (TPSA) is 53.5 Å². The Labute approximate surface area is 178 Å². The van der Waals surface area contributed by atoms with Crippen LogP contribution in [0.5, 0.6) is 0 Å². The van der Waals surface area contributed by atoms with Gasteiger partial charge in [0.2, 0.25) is 5.95 Å². The Hall–Kier alpha value is -1.89. The fourth-order valence-electron chi connectivity index (χ4n) is 3.92. The van der Waals surface area contributed by atoms with Crippen LogP contribution in [0.25, 0.3) is 0 Å². The van der Waals surface area contributed by atoms with E-state index in [4.69, 9.17) is 16.3 Å². The molecule has 7 heteroatoms. The first kappa shape index (κ1) is 20.4. The number of hydrogen-bond acceptors (Lipinski definition) is 6. The third kappa shape index (κ3) is 5.59. The van der Waals surface area contributed by atoms with Crippen LogP contribution >= 0.6 is 11.6 Å². The van der Waals surface area contributed by atoms with Crippen LogP contribution in [0, 0.1) is 0 Å². The number of piperazine rings is 1. The van der Waals surface area contributed by atoms with Crippen molar-refractivity contribution in [1.29, 1.82) is 0 Å². The van der Waals surface area contributed by atoms with Crippen LogP contribution in [0.2, 0.25) is 5.02 Å². The summed E-state index contributed by atoms with van der Waals surface area (Å²) in [5, 5.41) is 3.93. The zero-order valence-corrected chi connectivity index (χ0v) is 17.9. The second-order valence-electron chi connectivity index (χ2n) is 7.98. The molecule has 2 fully saturated rings. The van der Waals surface area contributed by atoms with Crippen molar-refractivity contribution in [2.75, 3.05) is 50.1 Å². The number of nitrogens with zero attached hydrogens (tertiary/aromatic N) is 4. The van der Waals surface area contributed by atoms with Gasteiger partial charge >= 0.3 is 0 Å². The number of halogens is 1. The van der Waals surface area contributed by atoms with Crippen LogP contribution in [-0.2, 0) is 11.2 Å². The van der Waals surface area contributed by atoms with E-state index in [0.717, 1.165) is 63.4 Å². The number of hydrogen-bond donors (Lipinski definition) is 1. The quantitative estimate of drug-likeness (QED) is 0.765. The van der Waals surface area contributed by atoms with E-state index in [0.29, 0.717) is 17.1 Å². The summed E-state index contributed by atoms with van der Waals surface area (Å²) in [6.07, 6.45) is 7.33. The molecule has 6 nitrogen and oxygen atoms in total. The molecular weight excluding hydrogens is 386 g/mol. The van der Waals surface area contributed by atoms with Gasteiger partial charge in [-0.2, -0.15) is 0 Å². The van der Waals surface area contributed by atoms with Crippen LogP contribution in [0.1, 0.15) is 31.4 Å². The number of aromatic nitrogens is 2. The lowest BCUT2D eigenvalue weighted by Gasteiger charge is -2.34. The van der Waals surface area contributed by atoms with Crippen LogP contribution in [0.3, 0.4) is 0 Å². The minimum atomic E-state index is 0.327. The molecule has 3 heterocycles. The summed E-state index contributed by atoms with van der Waals surface area (Å²) in [5.41, 5.74) is 3.12. The molecule has 29 heavy (non-hydrogen) atoms. The first-order valence-corrected chi connectivity index (χ1v) is 11.0. The number of ether oxygens (including phenoxy) is 1. The van der Waals surface area contributed by atoms with Crippen molar-refractivity contribution in [2.45, 2.75) is 38.2 Å². The van der Waals surface area contributed by atoms with Gasteiger partial charge in [0.05, 0.1) is 23.0 Å². The van der Waals surface area contributed by atoms with Crippen LogP contribution in [-0.4, -0.2) is 60.8 Å². The summed E-state index contributed by atoms with van der Waals surface area (Å²) < 4.78 is 5.82. The van der Waals surface area contributed by atoms with Crippen molar-refractivity contribution in [3.05, 3.63) is 41.2 Å². The number of nitrogens with one attached hydrogen (secondary N) is 1. The Bertz CT molecular complexity index is 786. The molecule has 0 amide bonds. The Balaban J connectivity index is 1.36. The third-order valence-electron chi connectivity index (χ3n) is 5.79. The highest BCUT2D eigenvalue weighted by Crippen LogP contribution is 2.24. The predicted molar refractivity (Wildman–Crippen MR) is 118 cm³/mol. The average Bonchev–Trinajstić information content (AvgIpc) is 2.76. The number of anilines is 3. The summed E-state index contributed by atoms with van der Waals surface area (Å²) in [6, 6.07) is 8.48. The van der Waals surface area contributed by atoms with Gasteiger partial charge in [0, 0.05) is 44.2 Å². The number of benzene rings is 1. The number of rotatable bonds is 6. The molecule has 4 rings (SSSR count). The van der Waals surface area contributed by atoms with Crippen LogP contribution in [0.15, 0.2) is 30.5 Å². The van der Waals surface area contributed by atoms with E-state index in [2.05, 4.69) is 56.4 Å². The fourth-order valence-corrected chi connectivity index (χ4v) is 4.11. The van der Waals surface area contributed by atoms with Gasteiger partial charge in [-0.3, -0.25) is 0 Å². The molecule has 1 aromatic carbocycles. The molecule has 1 aromatic heterocycles. The van der Waals surface area contributed by atoms with Crippen molar-refractivity contribution in [3.8, 4) is 0 Å². The molecule has 1 N–H and O–H groups in total. The lowest BCUT2D eigenvalue weighted by Crippen LogP contribution is -2.44. The van der Waals surface area contributed by atoms with Gasteiger partial charge in [-0.25, -0.2) is 9.97 Å². The van der Waals surface area contributed by atoms with E-state index in [1.807, 2.05) is 0 Å². The number of likely N-dealkylation sites (N-methyl/N-ethyl adjacent to an activating group) is 1.